The Morgan fingerprint density at radius 1 is 1.30 bits per heavy atom. The highest BCUT2D eigenvalue weighted by Crippen LogP contribution is 2.17. The molecule has 0 aliphatic heterocycles. The third-order valence-electron chi connectivity index (χ3n) is 3.73. The van der Waals surface area contributed by atoms with Crippen molar-refractivity contribution in [3.05, 3.63) is 11.9 Å². The molecule has 0 amide bonds. The number of imidazole rings is 1. The first-order valence-electron chi connectivity index (χ1n) is 7.87. The van der Waals surface area contributed by atoms with E-state index in [0.29, 0.717) is 11.8 Å². The summed E-state index contributed by atoms with van der Waals surface area (Å²) in [5.41, 5.74) is 7.31. The van der Waals surface area contributed by atoms with E-state index in [1.54, 1.807) is 0 Å². The van der Waals surface area contributed by atoms with Crippen molar-refractivity contribution in [2.45, 2.75) is 60.0 Å². The Bertz CT molecular complexity index is 395. The van der Waals surface area contributed by atoms with Crippen molar-refractivity contribution in [3.63, 3.8) is 0 Å². The molecule has 4 heteroatoms. The van der Waals surface area contributed by atoms with Crippen molar-refractivity contribution < 1.29 is 0 Å². The van der Waals surface area contributed by atoms with Gasteiger partial charge in [-0.2, -0.15) is 0 Å². The van der Waals surface area contributed by atoms with Crippen LogP contribution in [0, 0.1) is 11.8 Å². The maximum atomic E-state index is 6.14. The average molecular weight is 280 g/mol. The maximum absolute atomic E-state index is 6.14. The number of aryl methyl sites for hydroxylation is 1. The molecule has 4 nitrogen and oxygen atoms in total. The minimum Gasteiger partial charge on any atom is -0.345 e. The summed E-state index contributed by atoms with van der Waals surface area (Å²) in [5, 5.41) is 0. The lowest BCUT2D eigenvalue weighted by Crippen LogP contribution is -2.32. The van der Waals surface area contributed by atoms with Crippen LogP contribution >= 0.6 is 0 Å². The summed E-state index contributed by atoms with van der Waals surface area (Å²) in [6.45, 7) is 13.0. The Hall–Kier alpha value is -1.03. The van der Waals surface area contributed by atoms with Gasteiger partial charge in [0.25, 0.3) is 0 Å². The van der Waals surface area contributed by atoms with Crippen LogP contribution in [0.4, 0.5) is 5.95 Å². The molecule has 1 aromatic rings. The summed E-state index contributed by atoms with van der Waals surface area (Å²) in [5.74, 6) is 2.23. The van der Waals surface area contributed by atoms with Crippen LogP contribution in [-0.2, 0) is 13.0 Å². The van der Waals surface area contributed by atoms with Gasteiger partial charge in [0, 0.05) is 32.4 Å². The van der Waals surface area contributed by atoms with Crippen LogP contribution in [0.5, 0.6) is 0 Å². The van der Waals surface area contributed by atoms with Gasteiger partial charge >= 0.3 is 0 Å². The van der Waals surface area contributed by atoms with Gasteiger partial charge in [0.1, 0.15) is 0 Å². The van der Waals surface area contributed by atoms with Gasteiger partial charge in [0.2, 0.25) is 5.95 Å². The number of nitrogens with zero attached hydrogens (tertiary/aromatic N) is 3. The predicted octanol–water partition coefficient (Wildman–Crippen LogP) is 2.91. The molecule has 0 saturated heterocycles. The molecule has 0 aromatic carbocycles. The molecule has 1 heterocycles. The Morgan fingerprint density at radius 2 is 1.95 bits per heavy atom. The molecule has 0 spiro atoms. The van der Waals surface area contributed by atoms with E-state index in [1.165, 1.54) is 5.69 Å². The predicted molar refractivity (Wildman–Crippen MR) is 87.1 cm³/mol. The minimum absolute atomic E-state index is 0.261. The highest BCUT2D eigenvalue weighted by atomic mass is 15.3. The Balaban J connectivity index is 2.74. The van der Waals surface area contributed by atoms with Gasteiger partial charge in [-0.25, -0.2) is 4.98 Å². The van der Waals surface area contributed by atoms with E-state index in [0.717, 1.165) is 31.9 Å². The second kappa shape index (κ2) is 7.67. The van der Waals surface area contributed by atoms with Gasteiger partial charge in [-0.1, -0.05) is 34.6 Å². The molecule has 20 heavy (non-hydrogen) atoms. The molecular formula is C16H32N4. The molecule has 0 bridgehead atoms. The smallest absolute Gasteiger partial charge is 0.205 e. The van der Waals surface area contributed by atoms with Gasteiger partial charge in [0.15, 0.2) is 0 Å². The summed E-state index contributed by atoms with van der Waals surface area (Å²) < 4.78 is 2.28. The summed E-state index contributed by atoms with van der Waals surface area (Å²) >= 11 is 0. The third-order valence-corrected chi connectivity index (χ3v) is 3.73. The normalized spacial score (nSPS) is 13.2. The van der Waals surface area contributed by atoms with E-state index in [-0.39, 0.29) is 6.04 Å². The first-order chi connectivity index (χ1) is 9.35. The standard InChI is InChI=1S/C16H32N4/c1-7-14-11-20(10-12(2)3)16(18-14)19(6)9-8-15(17)13(4)5/h11-13,15H,7-10,17H2,1-6H3. The number of aromatic nitrogens is 2. The number of hydrogen-bond acceptors (Lipinski definition) is 3. The molecule has 0 saturated carbocycles. The topological polar surface area (TPSA) is 47.1 Å². The number of anilines is 1. The molecule has 0 aliphatic carbocycles. The van der Waals surface area contributed by atoms with E-state index >= 15 is 0 Å². The van der Waals surface area contributed by atoms with Gasteiger partial charge in [-0.05, 0) is 24.7 Å². The lowest BCUT2D eigenvalue weighted by molar-refractivity contribution is 0.462. The second-order valence-corrected chi connectivity index (χ2v) is 6.55. The molecule has 116 valence electrons. The van der Waals surface area contributed by atoms with Gasteiger partial charge in [-0.15, -0.1) is 0 Å². The molecular weight excluding hydrogens is 248 g/mol. The monoisotopic (exact) mass is 280 g/mol. The van der Waals surface area contributed by atoms with Crippen LogP contribution in [0.25, 0.3) is 0 Å². The Morgan fingerprint density at radius 3 is 2.45 bits per heavy atom. The van der Waals surface area contributed by atoms with E-state index in [2.05, 4.69) is 57.3 Å². The largest absolute Gasteiger partial charge is 0.345 e. The molecule has 1 aromatic heterocycles. The second-order valence-electron chi connectivity index (χ2n) is 6.55. The summed E-state index contributed by atoms with van der Waals surface area (Å²) in [6, 6.07) is 0.261. The summed E-state index contributed by atoms with van der Waals surface area (Å²) in [4.78, 5) is 6.99. The van der Waals surface area contributed by atoms with Crippen LogP contribution in [0.1, 0.15) is 46.7 Å². The highest BCUT2D eigenvalue weighted by molar-refractivity contribution is 5.32. The van der Waals surface area contributed by atoms with Crippen LogP contribution in [0.15, 0.2) is 6.20 Å². The molecule has 1 unspecified atom stereocenters. The zero-order chi connectivity index (χ0) is 15.3. The summed E-state index contributed by atoms with van der Waals surface area (Å²) in [7, 11) is 2.12. The molecule has 1 atom stereocenters. The summed E-state index contributed by atoms with van der Waals surface area (Å²) in [6.07, 6.45) is 4.18. The van der Waals surface area contributed by atoms with Gasteiger partial charge < -0.3 is 15.2 Å². The third kappa shape index (κ3) is 4.82. The zero-order valence-corrected chi connectivity index (χ0v) is 14.1. The van der Waals surface area contributed by atoms with E-state index in [4.69, 9.17) is 10.7 Å². The maximum Gasteiger partial charge on any atom is 0.205 e. The number of hydrogen-bond donors (Lipinski definition) is 1. The highest BCUT2D eigenvalue weighted by Gasteiger charge is 2.14. The fourth-order valence-corrected chi connectivity index (χ4v) is 2.24. The lowest BCUT2D eigenvalue weighted by atomic mass is 10.0. The first kappa shape index (κ1) is 17.0. The van der Waals surface area contributed by atoms with Crippen molar-refractivity contribution in [2.75, 3.05) is 18.5 Å². The van der Waals surface area contributed by atoms with E-state index in [1.807, 2.05) is 0 Å². The quantitative estimate of drug-likeness (QED) is 0.796. The van der Waals surface area contributed by atoms with E-state index < -0.39 is 0 Å². The minimum atomic E-state index is 0.261. The fourth-order valence-electron chi connectivity index (χ4n) is 2.24. The van der Waals surface area contributed by atoms with Crippen LogP contribution in [0.3, 0.4) is 0 Å². The van der Waals surface area contributed by atoms with Gasteiger partial charge in [-0.3, -0.25) is 0 Å². The molecule has 0 radical (unpaired) electrons. The zero-order valence-electron chi connectivity index (χ0n) is 14.1. The number of nitrogens with two attached hydrogens (primary N) is 1. The van der Waals surface area contributed by atoms with Crippen molar-refractivity contribution in [1.82, 2.24) is 9.55 Å². The van der Waals surface area contributed by atoms with E-state index in [9.17, 15) is 0 Å². The lowest BCUT2D eigenvalue weighted by Gasteiger charge is -2.23. The molecule has 2 N–H and O–H groups in total. The van der Waals surface area contributed by atoms with Crippen LogP contribution < -0.4 is 10.6 Å². The van der Waals surface area contributed by atoms with Crippen molar-refractivity contribution in [2.24, 2.45) is 17.6 Å². The SMILES string of the molecule is CCc1cn(CC(C)C)c(N(C)CCC(N)C(C)C)n1. The fraction of sp³-hybridized carbons (Fsp3) is 0.812. The van der Waals surface area contributed by atoms with Crippen molar-refractivity contribution in [3.8, 4) is 0 Å². The Kier molecular flexibility index (Phi) is 6.53. The average Bonchev–Trinajstić information content (AvgIpc) is 2.77. The molecule has 0 aliphatic rings. The van der Waals surface area contributed by atoms with Gasteiger partial charge in [0.05, 0.1) is 5.69 Å². The Labute approximate surface area is 124 Å². The van der Waals surface area contributed by atoms with Crippen molar-refractivity contribution >= 4 is 5.95 Å². The van der Waals surface area contributed by atoms with Crippen LogP contribution in [0.2, 0.25) is 0 Å². The van der Waals surface area contributed by atoms with Crippen molar-refractivity contribution in [1.29, 1.82) is 0 Å². The molecule has 1 rings (SSSR count). The van der Waals surface area contributed by atoms with Crippen LogP contribution in [-0.4, -0.2) is 29.2 Å². The number of rotatable bonds is 8. The molecule has 0 fully saturated rings. The first-order valence-corrected chi connectivity index (χ1v) is 7.87.